The maximum atomic E-state index is 5.48. The molecular formula is C21H26N4O. The lowest BCUT2D eigenvalue weighted by Gasteiger charge is -2.34. The van der Waals surface area contributed by atoms with E-state index in [9.17, 15) is 0 Å². The molecule has 5 nitrogen and oxygen atoms in total. The van der Waals surface area contributed by atoms with Gasteiger partial charge in [0.2, 0.25) is 0 Å². The van der Waals surface area contributed by atoms with Gasteiger partial charge >= 0.3 is 0 Å². The summed E-state index contributed by atoms with van der Waals surface area (Å²) < 4.78 is 7.49. The van der Waals surface area contributed by atoms with Crippen LogP contribution in [0.4, 0.5) is 0 Å². The molecule has 5 heteroatoms. The molecule has 1 atom stereocenters. The van der Waals surface area contributed by atoms with Crippen LogP contribution in [0, 0.1) is 0 Å². The highest BCUT2D eigenvalue weighted by Crippen LogP contribution is 2.20. The zero-order chi connectivity index (χ0) is 17.6. The average molecular weight is 350 g/mol. The molecule has 4 rings (SSSR count). The van der Waals surface area contributed by atoms with E-state index >= 15 is 0 Å². The van der Waals surface area contributed by atoms with E-state index in [1.807, 2.05) is 29.2 Å². The minimum Gasteiger partial charge on any atom is -0.468 e. The summed E-state index contributed by atoms with van der Waals surface area (Å²) in [4.78, 5) is 2.47. The lowest BCUT2D eigenvalue weighted by atomic mass is 10.0. The second-order valence-corrected chi connectivity index (χ2v) is 6.99. The lowest BCUT2D eigenvalue weighted by molar-refractivity contribution is 0.170. The Labute approximate surface area is 154 Å². The number of benzene rings is 1. The fourth-order valence-electron chi connectivity index (χ4n) is 3.70. The van der Waals surface area contributed by atoms with E-state index in [-0.39, 0.29) is 6.04 Å². The maximum absolute atomic E-state index is 5.48. The molecule has 0 radical (unpaired) electrons. The van der Waals surface area contributed by atoms with Gasteiger partial charge < -0.3 is 9.73 Å². The van der Waals surface area contributed by atoms with E-state index in [0.29, 0.717) is 6.04 Å². The highest BCUT2D eigenvalue weighted by Gasteiger charge is 2.23. The number of likely N-dealkylation sites (tertiary alicyclic amines) is 1. The van der Waals surface area contributed by atoms with Gasteiger partial charge in [-0.15, -0.1) is 0 Å². The Morgan fingerprint density at radius 3 is 2.62 bits per heavy atom. The van der Waals surface area contributed by atoms with Gasteiger partial charge in [0, 0.05) is 31.5 Å². The van der Waals surface area contributed by atoms with Crippen LogP contribution < -0.4 is 5.32 Å². The smallest absolute Gasteiger partial charge is 0.117 e. The summed E-state index contributed by atoms with van der Waals surface area (Å²) in [5.41, 5.74) is 1.32. The molecule has 1 unspecified atom stereocenters. The number of furan rings is 1. The molecule has 0 amide bonds. The molecule has 1 saturated heterocycles. The first-order valence-electron chi connectivity index (χ1n) is 9.40. The van der Waals surface area contributed by atoms with Crippen LogP contribution in [-0.4, -0.2) is 33.8 Å². The van der Waals surface area contributed by atoms with Gasteiger partial charge in [0.25, 0.3) is 0 Å². The molecule has 2 aromatic heterocycles. The third-order valence-electron chi connectivity index (χ3n) is 5.11. The van der Waals surface area contributed by atoms with Crippen molar-refractivity contribution >= 4 is 0 Å². The van der Waals surface area contributed by atoms with Crippen LogP contribution in [-0.2, 0) is 13.1 Å². The van der Waals surface area contributed by atoms with Crippen LogP contribution in [0.2, 0.25) is 0 Å². The largest absolute Gasteiger partial charge is 0.468 e. The van der Waals surface area contributed by atoms with Gasteiger partial charge in [-0.05, 0) is 36.6 Å². The van der Waals surface area contributed by atoms with Crippen LogP contribution in [0.5, 0.6) is 0 Å². The van der Waals surface area contributed by atoms with Crippen LogP contribution in [0.1, 0.15) is 30.2 Å². The summed E-state index contributed by atoms with van der Waals surface area (Å²) >= 11 is 0. The molecule has 0 aliphatic carbocycles. The summed E-state index contributed by atoms with van der Waals surface area (Å²) in [6.45, 7) is 3.96. The van der Waals surface area contributed by atoms with Crippen molar-refractivity contribution in [2.45, 2.75) is 38.0 Å². The van der Waals surface area contributed by atoms with Gasteiger partial charge in [-0.1, -0.05) is 30.3 Å². The van der Waals surface area contributed by atoms with Crippen molar-refractivity contribution in [2.75, 3.05) is 13.1 Å². The van der Waals surface area contributed by atoms with Gasteiger partial charge in [0.05, 0.1) is 25.4 Å². The topological polar surface area (TPSA) is 46.2 Å². The number of piperidine rings is 1. The monoisotopic (exact) mass is 350 g/mol. The SMILES string of the molecule is c1ccc(C(Cn2cccn2)NC2CCN(Cc3ccco3)CC2)cc1. The van der Waals surface area contributed by atoms with Crippen LogP contribution in [0.15, 0.2) is 71.6 Å². The fourth-order valence-corrected chi connectivity index (χ4v) is 3.70. The number of hydrogen-bond donors (Lipinski definition) is 1. The standard InChI is InChI=1S/C21H26N4O/c1-2-6-18(7-3-1)21(17-25-12-5-11-22-25)23-19-9-13-24(14-10-19)16-20-8-4-15-26-20/h1-8,11-12,15,19,21,23H,9-10,13-14,16-17H2. The van der Waals surface area contributed by atoms with Gasteiger partial charge in [0.1, 0.15) is 5.76 Å². The Hall–Kier alpha value is -2.37. The quantitative estimate of drug-likeness (QED) is 0.709. The molecular weight excluding hydrogens is 324 g/mol. The number of nitrogens with one attached hydrogen (secondary N) is 1. The van der Waals surface area contributed by atoms with Crippen molar-refractivity contribution < 1.29 is 4.42 Å². The van der Waals surface area contributed by atoms with Crippen LogP contribution in [0.3, 0.4) is 0 Å². The van der Waals surface area contributed by atoms with Crippen molar-refractivity contribution in [3.63, 3.8) is 0 Å². The van der Waals surface area contributed by atoms with Crippen molar-refractivity contribution in [2.24, 2.45) is 0 Å². The predicted molar refractivity (Wildman–Crippen MR) is 102 cm³/mol. The Morgan fingerprint density at radius 2 is 1.92 bits per heavy atom. The number of nitrogens with zero attached hydrogens (tertiary/aromatic N) is 3. The highest BCUT2D eigenvalue weighted by atomic mass is 16.3. The minimum atomic E-state index is 0.276. The summed E-state index contributed by atoms with van der Waals surface area (Å²) in [5, 5.41) is 8.27. The summed E-state index contributed by atoms with van der Waals surface area (Å²) in [6.07, 6.45) is 7.94. The molecule has 0 bridgehead atoms. The third kappa shape index (κ3) is 4.42. The van der Waals surface area contributed by atoms with Crippen molar-refractivity contribution in [3.05, 3.63) is 78.5 Å². The lowest BCUT2D eigenvalue weighted by Crippen LogP contribution is -2.44. The Kier molecular flexibility index (Phi) is 5.47. The average Bonchev–Trinajstić information content (AvgIpc) is 3.38. The molecule has 1 aromatic carbocycles. The normalized spacial score (nSPS) is 17.4. The number of hydrogen-bond acceptors (Lipinski definition) is 4. The van der Waals surface area contributed by atoms with Gasteiger partial charge in [-0.2, -0.15) is 5.10 Å². The minimum absolute atomic E-state index is 0.276. The van der Waals surface area contributed by atoms with E-state index in [1.54, 1.807) is 6.26 Å². The molecule has 1 aliphatic rings. The molecule has 1 aliphatic heterocycles. The molecule has 136 valence electrons. The summed E-state index contributed by atoms with van der Waals surface area (Å²) in [5.74, 6) is 1.05. The summed E-state index contributed by atoms with van der Waals surface area (Å²) in [6, 6.07) is 17.5. The maximum Gasteiger partial charge on any atom is 0.117 e. The molecule has 3 aromatic rings. The van der Waals surface area contributed by atoms with E-state index < -0.39 is 0 Å². The van der Waals surface area contributed by atoms with Crippen molar-refractivity contribution in [1.29, 1.82) is 0 Å². The predicted octanol–water partition coefficient (Wildman–Crippen LogP) is 3.47. The Balaban J connectivity index is 1.35. The van der Waals surface area contributed by atoms with Crippen molar-refractivity contribution in [1.82, 2.24) is 20.0 Å². The highest BCUT2D eigenvalue weighted by molar-refractivity contribution is 5.19. The Bertz CT molecular complexity index is 747. The molecule has 0 spiro atoms. The van der Waals surface area contributed by atoms with Crippen molar-refractivity contribution in [3.8, 4) is 0 Å². The number of aromatic nitrogens is 2. The Morgan fingerprint density at radius 1 is 1.08 bits per heavy atom. The van der Waals surface area contributed by atoms with Gasteiger partial charge in [-0.25, -0.2) is 0 Å². The second kappa shape index (κ2) is 8.34. The molecule has 1 N–H and O–H groups in total. The van der Waals surface area contributed by atoms with E-state index in [0.717, 1.165) is 44.8 Å². The first kappa shape index (κ1) is 17.1. The summed E-state index contributed by atoms with van der Waals surface area (Å²) in [7, 11) is 0. The molecule has 0 saturated carbocycles. The van der Waals surface area contributed by atoms with E-state index in [1.165, 1.54) is 5.56 Å². The molecule has 26 heavy (non-hydrogen) atoms. The third-order valence-corrected chi connectivity index (χ3v) is 5.11. The fraction of sp³-hybridized carbons (Fsp3) is 0.381. The van der Waals surface area contributed by atoms with E-state index in [2.05, 4.69) is 51.7 Å². The number of rotatable bonds is 7. The zero-order valence-corrected chi connectivity index (χ0v) is 15.0. The van der Waals surface area contributed by atoms with Crippen LogP contribution in [0.25, 0.3) is 0 Å². The van der Waals surface area contributed by atoms with Gasteiger partial charge in [0.15, 0.2) is 0 Å². The van der Waals surface area contributed by atoms with E-state index in [4.69, 9.17) is 4.42 Å². The molecule has 3 heterocycles. The van der Waals surface area contributed by atoms with Gasteiger partial charge in [-0.3, -0.25) is 9.58 Å². The molecule has 1 fully saturated rings. The van der Waals surface area contributed by atoms with Crippen LogP contribution >= 0.6 is 0 Å². The first-order valence-corrected chi connectivity index (χ1v) is 9.40. The first-order chi connectivity index (χ1) is 12.9. The second-order valence-electron chi connectivity index (χ2n) is 6.99. The zero-order valence-electron chi connectivity index (χ0n) is 15.0.